The molecule has 1 aliphatic heterocycles. The zero-order valence-electron chi connectivity index (χ0n) is 11.3. The predicted octanol–water partition coefficient (Wildman–Crippen LogP) is -0.961. The molecule has 0 saturated heterocycles. The molecule has 2 rings (SSSR count). The van der Waals surface area contributed by atoms with Gasteiger partial charge < -0.3 is 20.3 Å². The third-order valence-electron chi connectivity index (χ3n) is 2.88. The molecule has 9 heteroatoms. The Hall–Kier alpha value is -1.68. The molecule has 0 aliphatic carbocycles. The first-order chi connectivity index (χ1) is 9.73. The second kappa shape index (κ2) is 5.60. The summed E-state index contributed by atoms with van der Waals surface area (Å²) in [6, 6.07) is 4.03. The summed E-state index contributed by atoms with van der Waals surface area (Å²) in [4.78, 5) is 11.1. The number of hydrogen-bond donors (Lipinski definition) is 4. The summed E-state index contributed by atoms with van der Waals surface area (Å²) in [5.41, 5.74) is -1.29. The van der Waals surface area contributed by atoms with E-state index in [1.807, 2.05) is 0 Å². The molecule has 4 N–H and O–H groups in total. The number of ether oxygens (including phenoxy) is 1. The van der Waals surface area contributed by atoms with Gasteiger partial charge >= 0.3 is 0 Å². The lowest BCUT2D eigenvalue weighted by Crippen LogP contribution is -2.43. The summed E-state index contributed by atoms with van der Waals surface area (Å²) in [7, 11) is -3.88. The number of fused-ring (bicyclic) bond motifs is 1. The van der Waals surface area contributed by atoms with Crippen LogP contribution >= 0.6 is 0 Å². The average Bonchev–Trinajstić information content (AvgIpc) is 2.44. The van der Waals surface area contributed by atoms with Crippen LogP contribution in [0.4, 0.5) is 5.69 Å². The molecule has 1 heterocycles. The first kappa shape index (κ1) is 15.7. The highest BCUT2D eigenvalue weighted by atomic mass is 32.2. The number of nitrogens with one attached hydrogen (secondary N) is 2. The summed E-state index contributed by atoms with van der Waals surface area (Å²) in [5, 5.41) is 21.0. The van der Waals surface area contributed by atoms with Crippen molar-refractivity contribution in [2.45, 2.75) is 17.4 Å². The third-order valence-corrected chi connectivity index (χ3v) is 4.28. The minimum absolute atomic E-state index is 0.0826. The topological polar surface area (TPSA) is 125 Å². The Kier molecular flexibility index (Phi) is 4.19. The van der Waals surface area contributed by atoms with E-state index in [1.165, 1.54) is 25.1 Å². The number of hydrogen-bond acceptors (Lipinski definition) is 6. The van der Waals surface area contributed by atoms with Gasteiger partial charge in [-0.05, 0) is 25.1 Å². The van der Waals surface area contributed by atoms with Gasteiger partial charge in [-0.25, -0.2) is 13.1 Å². The van der Waals surface area contributed by atoms with E-state index >= 15 is 0 Å². The molecule has 0 bridgehead atoms. The highest BCUT2D eigenvalue weighted by Gasteiger charge is 2.25. The van der Waals surface area contributed by atoms with Crippen LogP contribution in [-0.4, -0.2) is 49.9 Å². The number of anilines is 1. The Morgan fingerprint density at radius 3 is 2.86 bits per heavy atom. The molecule has 0 fully saturated rings. The predicted molar refractivity (Wildman–Crippen MR) is 73.5 cm³/mol. The van der Waals surface area contributed by atoms with Gasteiger partial charge in [0.1, 0.15) is 5.75 Å². The van der Waals surface area contributed by atoms with E-state index in [9.17, 15) is 18.3 Å². The fourth-order valence-electron chi connectivity index (χ4n) is 1.62. The molecule has 116 valence electrons. The molecule has 1 aromatic rings. The smallest absolute Gasteiger partial charge is 0.262 e. The molecule has 21 heavy (non-hydrogen) atoms. The molecule has 0 saturated carbocycles. The molecule has 1 unspecified atom stereocenters. The minimum atomic E-state index is -3.88. The summed E-state index contributed by atoms with van der Waals surface area (Å²) >= 11 is 0. The van der Waals surface area contributed by atoms with Crippen molar-refractivity contribution < 1.29 is 28.2 Å². The highest BCUT2D eigenvalue weighted by molar-refractivity contribution is 7.89. The van der Waals surface area contributed by atoms with Crippen molar-refractivity contribution in [1.29, 1.82) is 0 Å². The SMILES string of the molecule is CC(O)(CO)CNS(=O)(=O)c1ccc2c(c1)NC(=O)CO2. The molecule has 1 atom stereocenters. The van der Waals surface area contributed by atoms with Crippen LogP contribution in [0.5, 0.6) is 5.75 Å². The van der Waals surface area contributed by atoms with Gasteiger partial charge in [0, 0.05) is 6.54 Å². The summed E-state index contributed by atoms with van der Waals surface area (Å²) < 4.78 is 31.5. The fraction of sp³-hybridized carbons (Fsp3) is 0.417. The van der Waals surface area contributed by atoms with Crippen LogP contribution in [0.3, 0.4) is 0 Å². The zero-order chi connectivity index (χ0) is 15.7. The molecule has 0 spiro atoms. The molecule has 0 aromatic heterocycles. The van der Waals surface area contributed by atoms with Crippen molar-refractivity contribution in [1.82, 2.24) is 4.72 Å². The second-order valence-electron chi connectivity index (χ2n) is 4.97. The quantitative estimate of drug-likeness (QED) is 0.554. The van der Waals surface area contributed by atoms with Gasteiger partial charge in [0.25, 0.3) is 5.91 Å². The number of rotatable bonds is 5. The molecule has 1 aromatic carbocycles. The van der Waals surface area contributed by atoms with Crippen molar-refractivity contribution in [3.05, 3.63) is 18.2 Å². The first-order valence-corrected chi connectivity index (χ1v) is 7.61. The van der Waals surface area contributed by atoms with Gasteiger partial charge in [-0.2, -0.15) is 0 Å². The molecule has 8 nitrogen and oxygen atoms in total. The van der Waals surface area contributed by atoms with E-state index < -0.39 is 22.2 Å². The lowest BCUT2D eigenvalue weighted by Gasteiger charge is -2.21. The highest BCUT2D eigenvalue weighted by Crippen LogP contribution is 2.29. The van der Waals surface area contributed by atoms with Crippen molar-refractivity contribution in [3.8, 4) is 5.75 Å². The van der Waals surface area contributed by atoms with Crippen molar-refractivity contribution in [2.24, 2.45) is 0 Å². The van der Waals surface area contributed by atoms with Crippen LogP contribution in [0.15, 0.2) is 23.1 Å². The average molecular weight is 316 g/mol. The maximum Gasteiger partial charge on any atom is 0.262 e. The molecule has 1 amide bonds. The molecule has 1 aliphatic rings. The van der Waals surface area contributed by atoms with Gasteiger partial charge in [0.15, 0.2) is 6.61 Å². The first-order valence-electron chi connectivity index (χ1n) is 6.13. The number of sulfonamides is 1. The summed E-state index contributed by atoms with van der Waals surface area (Å²) in [6.07, 6.45) is 0. The van der Waals surface area contributed by atoms with E-state index in [0.29, 0.717) is 5.75 Å². The monoisotopic (exact) mass is 316 g/mol. The van der Waals surface area contributed by atoms with Crippen molar-refractivity contribution in [2.75, 3.05) is 25.1 Å². The van der Waals surface area contributed by atoms with Gasteiger partial charge in [-0.1, -0.05) is 0 Å². The van der Waals surface area contributed by atoms with E-state index in [2.05, 4.69) is 10.0 Å². The van der Waals surface area contributed by atoms with Crippen molar-refractivity contribution >= 4 is 21.6 Å². The third kappa shape index (κ3) is 3.70. The standard InChI is InChI=1S/C12H16N2O6S/c1-12(17,7-15)6-13-21(18,19)8-2-3-10-9(4-8)14-11(16)5-20-10/h2-4,13,15,17H,5-7H2,1H3,(H,14,16). The summed E-state index contributed by atoms with van der Waals surface area (Å²) in [5.74, 6) is 0.0177. The Bertz CT molecular complexity index is 656. The largest absolute Gasteiger partial charge is 0.482 e. The number of amides is 1. The molecular weight excluding hydrogens is 300 g/mol. The van der Waals surface area contributed by atoms with Crippen LogP contribution in [0.2, 0.25) is 0 Å². The lowest BCUT2D eigenvalue weighted by molar-refractivity contribution is -0.118. The van der Waals surface area contributed by atoms with Crippen LogP contribution in [0, 0.1) is 0 Å². The normalized spacial score (nSPS) is 17.4. The van der Waals surface area contributed by atoms with E-state index in [0.717, 1.165) is 0 Å². The maximum absolute atomic E-state index is 12.1. The van der Waals surface area contributed by atoms with Crippen molar-refractivity contribution in [3.63, 3.8) is 0 Å². The number of benzene rings is 1. The number of carbonyl (C=O) groups is 1. The fourth-order valence-corrected chi connectivity index (χ4v) is 2.81. The molecule has 0 radical (unpaired) electrons. The second-order valence-corrected chi connectivity index (χ2v) is 6.74. The Labute approximate surface area is 121 Å². The summed E-state index contributed by atoms with van der Waals surface area (Å²) in [6.45, 7) is 0.266. The van der Waals surface area contributed by atoms with Gasteiger partial charge in [-0.3, -0.25) is 4.79 Å². The van der Waals surface area contributed by atoms with Gasteiger partial charge in [0.2, 0.25) is 10.0 Å². The lowest BCUT2D eigenvalue weighted by atomic mass is 10.1. The van der Waals surface area contributed by atoms with E-state index in [-0.39, 0.29) is 29.6 Å². The minimum Gasteiger partial charge on any atom is -0.482 e. The van der Waals surface area contributed by atoms with Crippen LogP contribution in [0.25, 0.3) is 0 Å². The molecular formula is C12H16N2O6S. The Balaban J connectivity index is 2.21. The Morgan fingerprint density at radius 1 is 1.48 bits per heavy atom. The van der Waals surface area contributed by atoms with Gasteiger partial charge in [0.05, 0.1) is 22.8 Å². The van der Waals surface area contributed by atoms with Gasteiger partial charge in [-0.15, -0.1) is 0 Å². The number of aliphatic hydroxyl groups excluding tert-OH is 1. The van der Waals surface area contributed by atoms with Crippen LogP contribution in [0.1, 0.15) is 6.92 Å². The number of carbonyl (C=O) groups excluding carboxylic acids is 1. The van der Waals surface area contributed by atoms with E-state index in [1.54, 1.807) is 0 Å². The Morgan fingerprint density at radius 2 is 2.19 bits per heavy atom. The zero-order valence-corrected chi connectivity index (χ0v) is 12.1. The van der Waals surface area contributed by atoms with E-state index in [4.69, 9.17) is 9.84 Å². The maximum atomic E-state index is 12.1. The van der Waals surface area contributed by atoms with Crippen LogP contribution < -0.4 is 14.8 Å². The number of aliphatic hydroxyl groups is 2. The van der Waals surface area contributed by atoms with Crippen LogP contribution in [-0.2, 0) is 14.8 Å².